The summed E-state index contributed by atoms with van der Waals surface area (Å²) in [6, 6.07) is 5.57. The highest BCUT2D eigenvalue weighted by molar-refractivity contribution is 6.33. The Kier molecular flexibility index (Phi) is 4.72. The first-order valence-electron chi connectivity index (χ1n) is 4.92. The molecule has 0 saturated heterocycles. The van der Waals surface area contributed by atoms with E-state index >= 15 is 0 Å². The number of hydrogen-bond acceptors (Lipinski definition) is 3. The van der Waals surface area contributed by atoms with Crippen LogP contribution in [0.1, 0.15) is 6.92 Å². The molecular weight excluding hydrogens is 212 g/mol. The molecule has 3 N–H and O–H groups in total. The average molecular weight is 229 g/mol. The van der Waals surface area contributed by atoms with Crippen molar-refractivity contribution in [1.29, 1.82) is 0 Å². The third kappa shape index (κ3) is 3.61. The van der Waals surface area contributed by atoms with Crippen LogP contribution in [0.15, 0.2) is 18.2 Å². The Bertz CT molecular complexity index is 317. The van der Waals surface area contributed by atoms with Crippen molar-refractivity contribution in [2.24, 2.45) is 5.92 Å². The molecule has 0 aliphatic heterocycles. The van der Waals surface area contributed by atoms with E-state index in [2.05, 4.69) is 12.2 Å². The van der Waals surface area contributed by atoms with Crippen LogP contribution >= 0.6 is 11.6 Å². The maximum atomic E-state index is 5.90. The highest BCUT2D eigenvalue weighted by atomic mass is 35.5. The highest BCUT2D eigenvalue weighted by Gasteiger charge is 2.05. The van der Waals surface area contributed by atoms with Gasteiger partial charge in [0.2, 0.25) is 0 Å². The number of benzene rings is 1. The molecule has 1 rings (SSSR count). The van der Waals surface area contributed by atoms with Gasteiger partial charge in [0.25, 0.3) is 0 Å². The van der Waals surface area contributed by atoms with Gasteiger partial charge in [-0.1, -0.05) is 24.6 Å². The summed E-state index contributed by atoms with van der Waals surface area (Å²) >= 11 is 5.90. The maximum Gasteiger partial charge on any atom is 0.0739 e. The SMILES string of the molecule is COCC(C)CNc1cccc(Cl)c1N. The molecule has 0 aromatic heterocycles. The van der Waals surface area contributed by atoms with Crippen LogP contribution in [0.4, 0.5) is 11.4 Å². The lowest BCUT2D eigenvalue weighted by Gasteiger charge is -2.14. The molecule has 0 fully saturated rings. The zero-order chi connectivity index (χ0) is 11.3. The van der Waals surface area contributed by atoms with E-state index in [0.717, 1.165) is 18.8 Å². The van der Waals surface area contributed by atoms with Crippen LogP contribution in [0.25, 0.3) is 0 Å². The average Bonchev–Trinajstić information content (AvgIpc) is 2.21. The van der Waals surface area contributed by atoms with Crippen molar-refractivity contribution in [3.63, 3.8) is 0 Å². The molecule has 1 aromatic rings. The first-order valence-corrected chi connectivity index (χ1v) is 5.29. The second-order valence-electron chi connectivity index (χ2n) is 3.64. The monoisotopic (exact) mass is 228 g/mol. The minimum absolute atomic E-state index is 0.438. The molecule has 0 bridgehead atoms. The van der Waals surface area contributed by atoms with Crippen LogP contribution in [-0.4, -0.2) is 20.3 Å². The number of nitrogen functional groups attached to an aromatic ring is 1. The number of hydrogen-bond donors (Lipinski definition) is 2. The summed E-state index contributed by atoms with van der Waals surface area (Å²) in [5.74, 6) is 0.438. The van der Waals surface area contributed by atoms with E-state index in [4.69, 9.17) is 22.1 Å². The number of nitrogens with one attached hydrogen (secondary N) is 1. The summed E-state index contributed by atoms with van der Waals surface area (Å²) in [7, 11) is 1.70. The second-order valence-corrected chi connectivity index (χ2v) is 4.05. The van der Waals surface area contributed by atoms with Gasteiger partial charge in [0.1, 0.15) is 0 Å². The molecule has 0 aliphatic rings. The summed E-state index contributed by atoms with van der Waals surface area (Å²) in [6.07, 6.45) is 0. The van der Waals surface area contributed by atoms with Gasteiger partial charge in [-0.05, 0) is 18.1 Å². The highest BCUT2D eigenvalue weighted by Crippen LogP contribution is 2.26. The molecule has 0 spiro atoms. The molecule has 1 aromatic carbocycles. The van der Waals surface area contributed by atoms with Crippen molar-refractivity contribution in [1.82, 2.24) is 0 Å². The van der Waals surface area contributed by atoms with Crippen LogP contribution in [-0.2, 0) is 4.74 Å². The predicted molar refractivity (Wildman–Crippen MR) is 65.4 cm³/mol. The zero-order valence-electron chi connectivity index (χ0n) is 9.09. The number of halogens is 1. The fourth-order valence-electron chi connectivity index (χ4n) is 1.32. The molecule has 4 heteroatoms. The van der Waals surface area contributed by atoms with E-state index in [1.165, 1.54) is 0 Å². The van der Waals surface area contributed by atoms with Gasteiger partial charge in [-0.15, -0.1) is 0 Å². The molecule has 0 radical (unpaired) electrons. The van der Waals surface area contributed by atoms with Gasteiger partial charge in [0.15, 0.2) is 0 Å². The summed E-state index contributed by atoms with van der Waals surface area (Å²) in [5, 5.41) is 3.83. The third-order valence-corrected chi connectivity index (χ3v) is 2.47. The lowest BCUT2D eigenvalue weighted by molar-refractivity contribution is 0.164. The number of ether oxygens (including phenoxy) is 1. The van der Waals surface area contributed by atoms with Crippen LogP contribution in [0.5, 0.6) is 0 Å². The van der Waals surface area contributed by atoms with Crippen molar-refractivity contribution in [3.05, 3.63) is 23.2 Å². The molecule has 0 saturated carbocycles. The second kappa shape index (κ2) is 5.83. The summed E-state index contributed by atoms with van der Waals surface area (Å²) in [5.41, 5.74) is 7.30. The van der Waals surface area contributed by atoms with Gasteiger partial charge in [0, 0.05) is 13.7 Å². The molecule has 15 heavy (non-hydrogen) atoms. The van der Waals surface area contributed by atoms with E-state index in [1.807, 2.05) is 12.1 Å². The van der Waals surface area contributed by atoms with Gasteiger partial charge in [-0.3, -0.25) is 0 Å². The van der Waals surface area contributed by atoms with Crippen molar-refractivity contribution in [2.75, 3.05) is 31.3 Å². The van der Waals surface area contributed by atoms with Crippen molar-refractivity contribution >= 4 is 23.0 Å². The van der Waals surface area contributed by atoms with E-state index in [1.54, 1.807) is 13.2 Å². The van der Waals surface area contributed by atoms with Gasteiger partial charge in [0.05, 0.1) is 23.0 Å². The smallest absolute Gasteiger partial charge is 0.0739 e. The lowest BCUT2D eigenvalue weighted by atomic mass is 10.2. The zero-order valence-corrected chi connectivity index (χ0v) is 9.84. The van der Waals surface area contributed by atoms with Gasteiger partial charge in [-0.2, -0.15) is 0 Å². The Hall–Kier alpha value is -0.930. The van der Waals surface area contributed by atoms with Crippen molar-refractivity contribution in [3.8, 4) is 0 Å². The van der Waals surface area contributed by atoms with E-state index in [0.29, 0.717) is 16.6 Å². The Morgan fingerprint density at radius 1 is 1.53 bits per heavy atom. The van der Waals surface area contributed by atoms with Crippen LogP contribution in [0, 0.1) is 5.92 Å². The van der Waals surface area contributed by atoms with Crippen LogP contribution < -0.4 is 11.1 Å². The maximum absolute atomic E-state index is 5.90. The fourth-order valence-corrected chi connectivity index (χ4v) is 1.49. The van der Waals surface area contributed by atoms with Gasteiger partial charge < -0.3 is 15.8 Å². The molecule has 1 atom stereocenters. The van der Waals surface area contributed by atoms with E-state index in [-0.39, 0.29) is 0 Å². The summed E-state index contributed by atoms with van der Waals surface area (Å²) in [6.45, 7) is 3.66. The largest absolute Gasteiger partial charge is 0.396 e. The van der Waals surface area contributed by atoms with Crippen molar-refractivity contribution < 1.29 is 4.74 Å². The number of para-hydroxylation sites is 1. The quantitative estimate of drug-likeness (QED) is 0.762. The first-order chi connectivity index (χ1) is 7.15. The fraction of sp³-hybridized carbons (Fsp3) is 0.455. The minimum Gasteiger partial charge on any atom is -0.396 e. The molecule has 0 amide bonds. The standard InChI is InChI=1S/C11H17ClN2O/c1-8(7-15-2)6-14-10-5-3-4-9(12)11(10)13/h3-5,8,14H,6-7,13H2,1-2H3. The molecule has 84 valence electrons. The summed E-state index contributed by atoms with van der Waals surface area (Å²) in [4.78, 5) is 0. The van der Waals surface area contributed by atoms with E-state index < -0.39 is 0 Å². The normalized spacial score (nSPS) is 12.5. The molecule has 0 aliphatic carbocycles. The van der Waals surface area contributed by atoms with Gasteiger partial charge >= 0.3 is 0 Å². The Balaban J connectivity index is 2.54. The predicted octanol–water partition coefficient (Wildman–Crippen LogP) is 2.62. The third-order valence-electron chi connectivity index (χ3n) is 2.15. The van der Waals surface area contributed by atoms with E-state index in [9.17, 15) is 0 Å². The molecular formula is C11H17ClN2O. The van der Waals surface area contributed by atoms with Crippen LogP contribution in [0.2, 0.25) is 5.02 Å². The summed E-state index contributed by atoms with van der Waals surface area (Å²) < 4.78 is 5.05. The molecule has 1 unspecified atom stereocenters. The van der Waals surface area contributed by atoms with Crippen LogP contribution in [0.3, 0.4) is 0 Å². The molecule has 0 heterocycles. The number of methoxy groups -OCH3 is 1. The molecule has 3 nitrogen and oxygen atoms in total. The first kappa shape index (κ1) is 12.1. The Morgan fingerprint density at radius 3 is 2.93 bits per heavy atom. The topological polar surface area (TPSA) is 47.3 Å². The number of nitrogens with two attached hydrogens (primary N) is 1. The minimum atomic E-state index is 0.438. The lowest BCUT2D eigenvalue weighted by Crippen LogP contribution is -2.16. The number of anilines is 2. The van der Waals surface area contributed by atoms with Crippen molar-refractivity contribution in [2.45, 2.75) is 6.92 Å². The number of rotatable bonds is 5. The van der Waals surface area contributed by atoms with Gasteiger partial charge in [-0.25, -0.2) is 0 Å². The Morgan fingerprint density at radius 2 is 2.27 bits per heavy atom. The Labute approximate surface area is 95.6 Å².